The zero-order valence-electron chi connectivity index (χ0n) is 15.8. The quantitative estimate of drug-likeness (QED) is 0.640. The number of nitrogens with one attached hydrogen (secondary N) is 2. The molecule has 0 radical (unpaired) electrons. The summed E-state index contributed by atoms with van der Waals surface area (Å²) in [4.78, 5) is 38.1. The Labute approximate surface area is 162 Å². The van der Waals surface area contributed by atoms with E-state index in [0.29, 0.717) is 24.8 Å². The molecule has 0 unspecified atom stereocenters. The van der Waals surface area contributed by atoms with E-state index in [1.807, 2.05) is 37.3 Å². The van der Waals surface area contributed by atoms with Gasteiger partial charge in [0, 0.05) is 31.1 Å². The highest BCUT2D eigenvalue weighted by Crippen LogP contribution is 2.27. The SMILES string of the molecule is CCc1cn([C@H]2C[C@H](O)[C@@H](CNC(=O)CCc3ccccc3)O2)c(=O)[nH]c1=O. The molecule has 3 atom stereocenters. The first-order valence-corrected chi connectivity index (χ1v) is 9.46. The summed E-state index contributed by atoms with van der Waals surface area (Å²) >= 11 is 0. The average molecular weight is 387 g/mol. The van der Waals surface area contributed by atoms with Crippen molar-refractivity contribution in [3.8, 4) is 0 Å². The standard InChI is InChI=1S/C20H25N3O5/c1-2-14-12-23(20(27)22-19(14)26)18-10-15(24)16(28-18)11-21-17(25)9-8-13-6-4-3-5-7-13/h3-7,12,15-16,18,24H,2,8-11H2,1H3,(H,21,25)(H,22,26,27)/t15-,16+,18+/m0/s1. The number of carbonyl (C=O) groups is 1. The van der Waals surface area contributed by atoms with E-state index in [4.69, 9.17) is 4.74 Å². The molecule has 8 nitrogen and oxygen atoms in total. The molecule has 1 aromatic carbocycles. The maximum Gasteiger partial charge on any atom is 0.330 e. The van der Waals surface area contributed by atoms with Gasteiger partial charge in [0.05, 0.1) is 6.10 Å². The highest BCUT2D eigenvalue weighted by Gasteiger charge is 2.35. The number of aliphatic hydroxyl groups excluding tert-OH is 1. The molecule has 3 rings (SSSR count). The predicted molar refractivity (Wildman–Crippen MR) is 103 cm³/mol. The Morgan fingerprint density at radius 1 is 1.32 bits per heavy atom. The number of rotatable bonds is 7. The lowest BCUT2D eigenvalue weighted by Crippen LogP contribution is -2.37. The first-order valence-electron chi connectivity index (χ1n) is 9.46. The van der Waals surface area contributed by atoms with E-state index in [0.717, 1.165) is 5.56 Å². The minimum Gasteiger partial charge on any atom is -0.390 e. The van der Waals surface area contributed by atoms with Gasteiger partial charge in [-0.2, -0.15) is 0 Å². The average Bonchev–Trinajstić information content (AvgIpc) is 3.06. The molecule has 1 amide bonds. The molecule has 150 valence electrons. The van der Waals surface area contributed by atoms with E-state index in [-0.39, 0.29) is 18.9 Å². The normalized spacial score (nSPS) is 21.6. The molecule has 0 aliphatic carbocycles. The van der Waals surface area contributed by atoms with E-state index < -0.39 is 29.7 Å². The number of hydrogen-bond donors (Lipinski definition) is 3. The third-order valence-corrected chi connectivity index (χ3v) is 4.92. The van der Waals surface area contributed by atoms with Gasteiger partial charge in [-0.3, -0.25) is 19.1 Å². The van der Waals surface area contributed by atoms with Crippen LogP contribution < -0.4 is 16.6 Å². The van der Waals surface area contributed by atoms with Gasteiger partial charge in [-0.05, 0) is 18.4 Å². The Kier molecular flexibility index (Phi) is 6.43. The first kappa shape index (κ1) is 20.0. The van der Waals surface area contributed by atoms with E-state index in [9.17, 15) is 19.5 Å². The number of hydrogen-bond acceptors (Lipinski definition) is 5. The highest BCUT2D eigenvalue weighted by molar-refractivity contribution is 5.76. The molecule has 8 heteroatoms. The molecule has 0 spiro atoms. The van der Waals surface area contributed by atoms with Gasteiger partial charge in [0.1, 0.15) is 12.3 Å². The zero-order chi connectivity index (χ0) is 20.1. The van der Waals surface area contributed by atoms with Gasteiger partial charge in [0.2, 0.25) is 5.91 Å². The van der Waals surface area contributed by atoms with Crippen LogP contribution in [0.1, 0.15) is 37.1 Å². The Balaban J connectivity index is 1.55. The lowest BCUT2D eigenvalue weighted by molar-refractivity contribution is -0.122. The minimum atomic E-state index is -0.816. The second-order valence-corrected chi connectivity index (χ2v) is 6.90. The topological polar surface area (TPSA) is 113 Å². The maximum absolute atomic E-state index is 12.1. The van der Waals surface area contributed by atoms with Gasteiger partial charge in [-0.25, -0.2) is 4.79 Å². The fraction of sp³-hybridized carbons (Fsp3) is 0.450. The van der Waals surface area contributed by atoms with E-state index in [1.54, 1.807) is 0 Å². The van der Waals surface area contributed by atoms with Crippen LogP contribution in [0.4, 0.5) is 0 Å². The van der Waals surface area contributed by atoms with Crippen molar-refractivity contribution >= 4 is 5.91 Å². The molecule has 1 aromatic heterocycles. The van der Waals surface area contributed by atoms with Gasteiger partial charge >= 0.3 is 5.69 Å². The van der Waals surface area contributed by atoms with Crippen molar-refractivity contribution in [1.82, 2.24) is 14.9 Å². The summed E-state index contributed by atoms with van der Waals surface area (Å²) in [6, 6.07) is 9.72. The van der Waals surface area contributed by atoms with E-state index >= 15 is 0 Å². The van der Waals surface area contributed by atoms with Crippen LogP contribution in [0, 0.1) is 0 Å². The summed E-state index contributed by atoms with van der Waals surface area (Å²) in [6.07, 6.45) is 1.02. The molecule has 0 saturated carbocycles. The largest absolute Gasteiger partial charge is 0.390 e. The summed E-state index contributed by atoms with van der Waals surface area (Å²) in [5.41, 5.74) is 0.561. The van der Waals surface area contributed by atoms with Crippen LogP contribution in [0.5, 0.6) is 0 Å². The second-order valence-electron chi connectivity index (χ2n) is 6.90. The number of aliphatic hydroxyl groups is 1. The number of H-pyrrole nitrogens is 1. The molecule has 2 heterocycles. The van der Waals surface area contributed by atoms with Gasteiger partial charge in [0.25, 0.3) is 5.56 Å². The molecule has 1 aliphatic rings. The minimum absolute atomic E-state index is 0.127. The summed E-state index contributed by atoms with van der Waals surface area (Å²) in [5, 5.41) is 13.0. The van der Waals surface area contributed by atoms with Crippen LogP contribution >= 0.6 is 0 Å². The Morgan fingerprint density at radius 3 is 2.79 bits per heavy atom. The molecular weight excluding hydrogens is 362 g/mol. The number of aromatic nitrogens is 2. The van der Waals surface area contributed by atoms with Crippen molar-refractivity contribution in [2.45, 2.75) is 51.0 Å². The summed E-state index contributed by atoms with van der Waals surface area (Å²) in [5.74, 6) is -0.127. The molecule has 1 fully saturated rings. The van der Waals surface area contributed by atoms with Gasteiger partial charge in [-0.1, -0.05) is 37.3 Å². The number of nitrogens with zero attached hydrogens (tertiary/aromatic N) is 1. The number of aromatic amines is 1. The Bertz CT molecular complexity index is 921. The molecule has 28 heavy (non-hydrogen) atoms. The Hall–Kier alpha value is -2.71. The van der Waals surface area contributed by atoms with Crippen LogP contribution in [0.25, 0.3) is 0 Å². The second kappa shape index (κ2) is 8.99. The van der Waals surface area contributed by atoms with Crippen LogP contribution in [0.15, 0.2) is 46.1 Å². The third kappa shape index (κ3) is 4.76. The monoisotopic (exact) mass is 387 g/mol. The molecule has 1 saturated heterocycles. The van der Waals surface area contributed by atoms with Crippen LogP contribution in [-0.2, 0) is 22.4 Å². The van der Waals surface area contributed by atoms with E-state index in [1.165, 1.54) is 10.8 Å². The van der Waals surface area contributed by atoms with Crippen molar-refractivity contribution in [1.29, 1.82) is 0 Å². The number of amides is 1. The number of ether oxygens (including phenoxy) is 1. The fourth-order valence-corrected chi connectivity index (χ4v) is 3.27. The molecule has 1 aliphatic heterocycles. The summed E-state index contributed by atoms with van der Waals surface area (Å²) in [6.45, 7) is 1.97. The van der Waals surface area contributed by atoms with Crippen molar-refractivity contribution < 1.29 is 14.6 Å². The molecule has 0 bridgehead atoms. The van der Waals surface area contributed by atoms with Crippen LogP contribution in [0.3, 0.4) is 0 Å². The first-order chi connectivity index (χ1) is 13.5. The lowest BCUT2D eigenvalue weighted by atomic mass is 10.1. The van der Waals surface area contributed by atoms with Crippen LogP contribution in [-0.4, -0.2) is 39.3 Å². The van der Waals surface area contributed by atoms with Crippen molar-refractivity contribution in [2.75, 3.05) is 6.54 Å². The van der Waals surface area contributed by atoms with Crippen molar-refractivity contribution in [3.05, 3.63) is 68.5 Å². The molecule has 2 aromatic rings. The lowest BCUT2D eigenvalue weighted by Gasteiger charge is -2.17. The molecule has 3 N–H and O–H groups in total. The summed E-state index contributed by atoms with van der Waals surface area (Å²) in [7, 11) is 0. The van der Waals surface area contributed by atoms with Crippen molar-refractivity contribution in [2.24, 2.45) is 0 Å². The molecular formula is C20H25N3O5. The third-order valence-electron chi connectivity index (χ3n) is 4.92. The summed E-state index contributed by atoms with van der Waals surface area (Å²) < 4.78 is 7.06. The van der Waals surface area contributed by atoms with E-state index in [2.05, 4.69) is 10.3 Å². The number of aryl methyl sites for hydroxylation is 2. The van der Waals surface area contributed by atoms with Gasteiger partial charge in [0.15, 0.2) is 0 Å². The van der Waals surface area contributed by atoms with Gasteiger partial charge < -0.3 is 15.2 Å². The Morgan fingerprint density at radius 2 is 2.07 bits per heavy atom. The fourth-order valence-electron chi connectivity index (χ4n) is 3.27. The zero-order valence-corrected chi connectivity index (χ0v) is 15.8. The predicted octanol–water partition coefficient (Wildman–Crippen LogP) is 0.496. The number of carbonyl (C=O) groups excluding carboxylic acids is 1. The highest BCUT2D eigenvalue weighted by atomic mass is 16.5. The number of benzene rings is 1. The van der Waals surface area contributed by atoms with Crippen LogP contribution in [0.2, 0.25) is 0 Å². The van der Waals surface area contributed by atoms with Gasteiger partial charge in [-0.15, -0.1) is 0 Å². The van der Waals surface area contributed by atoms with Crippen molar-refractivity contribution in [3.63, 3.8) is 0 Å². The smallest absolute Gasteiger partial charge is 0.330 e. The maximum atomic E-state index is 12.1.